The Morgan fingerprint density at radius 3 is 1.26 bits per heavy atom. The molecular formula is C50H73N11O9. The lowest BCUT2D eigenvalue weighted by molar-refractivity contribution is -0.133. The standard InChI is InChI=1S/C36H48N8O6.C14H25N3O3/c37-33(38)27-11-7-25(8-12-27)23-31(45)41-15-19-43(20-16-41)35(47)49-29-3-1-4-30(6-2-5-29)50-36(48)44-21-17-42(18-22-44)32(46)24-26-9-13-28(14-10-26)34(39)40;18-13(3-1-2-12-4-6-15-7-5-12)16-8-10-17(11-9-16)14(19)20/h7-14,29-30H,1-6,15-24H2,(H3,37,38)(H3,39,40);12,15H,1-11H2,(H,19,20). The topological polar surface area (TPSA) is 272 Å². The number of amidine groups is 2. The maximum atomic E-state index is 13.0. The molecule has 8 N–H and O–H groups in total. The molecule has 6 amide bonds. The first-order valence-corrected chi connectivity index (χ1v) is 25.0. The normalized spacial score (nSPS) is 20.2. The van der Waals surface area contributed by atoms with Crippen LogP contribution < -0.4 is 16.8 Å². The van der Waals surface area contributed by atoms with Crippen molar-refractivity contribution in [3.8, 4) is 0 Å². The van der Waals surface area contributed by atoms with Crippen molar-refractivity contribution in [2.45, 2.75) is 95.7 Å². The van der Waals surface area contributed by atoms with Gasteiger partial charge in [-0.25, -0.2) is 14.4 Å². The lowest BCUT2D eigenvalue weighted by Crippen LogP contribution is -2.51. The molecule has 7 rings (SSSR count). The fourth-order valence-electron chi connectivity index (χ4n) is 9.58. The smallest absolute Gasteiger partial charge is 0.410 e. The van der Waals surface area contributed by atoms with Crippen LogP contribution in [-0.4, -0.2) is 186 Å². The highest BCUT2D eigenvalue weighted by Crippen LogP contribution is 2.24. The molecule has 382 valence electrons. The Morgan fingerprint density at radius 1 is 0.529 bits per heavy atom. The van der Waals surface area contributed by atoms with Crippen LogP contribution in [0.25, 0.3) is 0 Å². The fourth-order valence-corrected chi connectivity index (χ4v) is 9.58. The molecule has 0 aromatic heterocycles. The average molecular weight is 972 g/mol. The van der Waals surface area contributed by atoms with E-state index in [4.69, 9.17) is 36.9 Å². The maximum Gasteiger partial charge on any atom is 0.410 e. The summed E-state index contributed by atoms with van der Waals surface area (Å²) in [4.78, 5) is 84.4. The largest absolute Gasteiger partial charge is 0.465 e. The molecule has 2 aromatic rings. The zero-order chi connectivity index (χ0) is 50.0. The quantitative estimate of drug-likeness (QED) is 0.131. The zero-order valence-electron chi connectivity index (χ0n) is 40.5. The Labute approximate surface area is 410 Å². The monoisotopic (exact) mass is 972 g/mol. The van der Waals surface area contributed by atoms with Crippen LogP contribution >= 0.6 is 0 Å². The number of carbonyl (C=O) groups excluding carboxylic acids is 5. The molecule has 0 bridgehead atoms. The van der Waals surface area contributed by atoms with E-state index >= 15 is 0 Å². The number of piperazine rings is 3. The number of amides is 6. The molecule has 1 aliphatic carbocycles. The number of nitrogens with one attached hydrogen (secondary N) is 3. The van der Waals surface area contributed by atoms with Crippen LogP contribution in [0, 0.1) is 16.7 Å². The molecule has 0 atom stereocenters. The first-order chi connectivity index (χ1) is 33.7. The number of nitrogens with two attached hydrogens (primary N) is 2. The van der Waals surface area contributed by atoms with Gasteiger partial charge in [0.2, 0.25) is 17.7 Å². The number of nitrogens with zero attached hydrogens (tertiary/aromatic N) is 6. The van der Waals surface area contributed by atoms with Crippen LogP contribution in [0.15, 0.2) is 48.5 Å². The summed E-state index contributed by atoms with van der Waals surface area (Å²) < 4.78 is 11.8. The molecule has 20 heteroatoms. The number of ether oxygens (including phenoxy) is 2. The Kier molecular flexibility index (Phi) is 20.0. The van der Waals surface area contributed by atoms with Gasteiger partial charge in [0.1, 0.15) is 23.9 Å². The summed E-state index contributed by atoms with van der Waals surface area (Å²) >= 11 is 0. The molecule has 4 saturated heterocycles. The van der Waals surface area contributed by atoms with Crippen molar-refractivity contribution in [3.05, 3.63) is 70.8 Å². The summed E-state index contributed by atoms with van der Waals surface area (Å²) in [6.07, 6.45) is 7.98. The highest BCUT2D eigenvalue weighted by atomic mass is 16.6. The number of carbonyl (C=O) groups is 6. The molecule has 5 aliphatic rings. The van der Waals surface area contributed by atoms with Crippen LogP contribution in [0.2, 0.25) is 0 Å². The van der Waals surface area contributed by atoms with Crippen molar-refractivity contribution >= 4 is 47.7 Å². The number of piperidine rings is 1. The minimum Gasteiger partial charge on any atom is -0.465 e. The van der Waals surface area contributed by atoms with Crippen LogP contribution in [0.5, 0.6) is 0 Å². The summed E-state index contributed by atoms with van der Waals surface area (Å²) in [5, 5.41) is 27.2. The van der Waals surface area contributed by atoms with Crippen LogP contribution in [-0.2, 0) is 36.7 Å². The van der Waals surface area contributed by atoms with Crippen molar-refractivity contribution in [1.82, 2.24) is 34.7 Å². The second-order valence-electron chi connectivity index (χ2n) is 18.9. The molecule has 0 radical (unpaired) electrons. The van der Waals surface area contributed by atoms with E-state index in [0.717, 1.165) is 55.8 Å². The van der Waals surface area contributed by atoms with E-state index in [1.165, 1.54) is 17.7 Å². The molecular weight excluding hydrogens is 899 g/mol. The van der Waals surface area contributed by atoms with Gasteiger partial charge in [0.05, 0.1) is 12.8 Å². The van der Waals surface area contributed by atoms with Gasteiger partial charge >= 0.3 is 18.3 Å². The van der Waals surface area contributed by atoms with Gasteiger partial charge in [0, 0.05) is 96.1 Å². The fraction of sp³-hybridized carbons (Fsp3) is 0.600. The molecule has 1 saturated carbocycles. The van der Waals surface area contributed by atoms with Gasteiger partial charge in [-0.05, 0) is 94.3 Å². The number of nitrogen functional groups attached to an aromatic ring is 2. The second-order valence-corrected chi connectivity index (χ2v) is 18.9. The van der Waals surface area contributed by atoms with Crippen molar-refractivity contribution in [2.24, 2.45) is 17.4 Å². The lowest BCUT2D eigenvalue weighted by Gasteiger charge is -2.36. The predicted molar refractivity (Wildman–Crippen MR) is 262 cm³/mol. The third kappa shape index (κ3) is 16.3. The van der Waals surface area contributed by atoms with Crippen molar-refractivity contribution in [2.75, 3.05) is 91.6 Å². The molecule has 70 heavy (non-hydrogen) atoms. The van der Waals surface area contributed by atoms with Gasteiger partial charge in [-0.1, -0.05) is 48.5 Å². The lowest BCUT2D eigenvalue weighted by atomic mass is 9.92. The van der Waals surface area contributed by atoms with Crippen LogP contribution in [0.4, 0.5) is 14.4 Å². The third-order valence-corrected chi connectivity index (χ3v) is 14.0. The highest BCUT2D eigenvalue weighted by Gasteiger charge is 2.31. The van der Waals surface area contributed by atoms with Gasteiger partial charge in [0.25, 0.3) is 0 Å². The molecule has 0 unspecified atom stereocenters. The Bertz CT molecular complexity index is 1970. The Morgan fingerprint density at radius 2 is 0.886 bits per heavy atom. The first kappa shape index (κ1) is 52.9. The average Bonchev–Trinajstić information content (AvgIpc) is 3.36. The van der Waals surface area contributed by atoms with E-state index in [2.05, 4.69) is 5.32 Å². The summed E-state index contributed by atoms with van der Waals surface area (Å²) in [5.41, 5.74) is 13.9. The molecule has 4 heterocycles. The van der Waals surface area contributed by atoms with E-state index in [-0.39, 0.29) is 66.6 Å². The predicted octanol–water partition coefficient (Wildman–Crippen LogP) is 3.67. The Hall–Kier alpha value is -6.44. The number of benzene rings is 2. The van der Waals surface area contributed by atoms with Gasteiger partial charge in [0.15, 0.2) is 0 Å². The summed E-state index contributed by atoms with van der Waals surface area (Å²) in [5.74, 6) is 0.915. The number of carboxylic acid groups (broad SMARTS) is 1. The summed E-state index contributed by atoms with van der Waals surface area (Å²) in [6, 6.07) is 14.2. The number of hydrogen-bond donors (Lipinski definition) is 6. The number of rotatable bonds is 12. The van der Waals surface area contributed by atoms with Crippen molar-refractivity contribution in [1.29, 1.82) is 10.8 Å². The SMILES string of the molecule is N=C(N)c1ccc(CC(=O)N2CCN(C(=O)OC3CCCC(OC(=O)N4CCN(C(=O)Cc5ccc(C(=N)N)cc5)CC4)CCC3)CC2)cc1.O=C(O)N1CCN(C(=O)CCCC2CCNCC2)CC1. The Balaban J connectivity index is 0.000000334. The summed E-state index contributed by atoms with van der Waals surface area (Å²) in [7, 11) is 0. The molecule has 2 aromatic carbocycles. The van der Waals surface area contributed by atoms with Crippen LogP contribution in [0.1, 0.15) is 92.9 Å². The van der Waals surface area contributed by atoms with E-state index < -0.39 is 6.09 Å². The second kappa shape index (κ2) is 26.5. The molecule has 5 fully saturated rings. The highest BCUT2D eigenvalue weighted by molar-refractivity contribution is 5.95. The molecule has 4 aliphatic heterocycles. The van der Waals surface area contributed by atoms with Gasteiger partial charge < -0.3 is 60.8 Å². The minimum atomic E-state index is -0.886. The number of hydrogen-bond acceptors (Lipinski definition) is 11. The van der Waals surface area contributed by atoms with Gasteiger partial charge in [-0.2, -0.15) is 0 Å². The maximum absolute atomic E-state index is 13.0. The van der Waals surface area contributed by atoms with Crippen molar-refractivity contribution in [3.63, 3.8) is 0 Å². The first-order valence-electron chi connectivity index (χ1n) is 25.0. The molecule has 20 nitrogen and oxygen atoms in total. The third-order valence-electron chi connectivity index (χ3n) is 14.0. The van der Waals surface area contributed by atoms with Gasteiger partial charge in [-0.3, -0.25) is 25.2 Å². The zero-order valence-corrected chi connectivity index (χ0v) is 40.5. The summed E-state index contributed by atoms with van der Waals surface area (Å²) in [6.45, 7) is 7.61. The van der Waals surface area contributed by atoms with Gasteiger partial charge in [-0.15, -0.1) is 0 Å². The van der Waals surface area contributed by atoms with E-state index in [1.807, 2.05) is 4.90 Å². The van der Waals surface area contributed by atoms with Crippen LogP contribution in [0.3, 0.4) is 0 Å². The minimum absolute atomic E-state index is 0.00775. The van der Waals surface area contributed by atoms with E-state index in [0.29, 0.717) is 122 Å². The van der Waals surface area contributed by atoms with E-state index in [9.17, 15) is 28.8 Å². The van der Waals surface area contributed by atoms with Crippen molar-refractivity contribution < 1.29 is 43.3 Å². The molecule has 0 spiro atoms. The van der Waals surface area contributed by atoms with E-state index in [1.54, 1.807) is 68.1 Å².